The second-order valence-electron chi connectivity index (χ2n) is 4.08. The number of benzene rings is 2. The molecule has 4 nitrogen and oxygen atoms in total. The van der Waals surface area contributed by atoms with Gasteiger partial charge >= 0.3 is 0 Å². The molecule has 0 N–H and O–H groups in total. The fourth-order valence-corrected chi connectivity index (χ4v) is 2.20. The van der Waals surface area contributed by atoms with E-state index in [1.54, 1.807) is 28.4 Å². The lowest BCUT2D eigenvalue weighted by Gasteiger charge is -2.16. The molecule has 106 valence electrons. The molecular weight excluding hydrogens is 256 g/mol. The maximum absolute atomic E-state index is 5.47. The van der Waals surface area contributed by atoms with Crippen molar-refractivity contribution in [1.29, 1.82) is 0 Å². The fourth-order valence-electron chi connectivity index (χ4n) is 2.20. The van der Waals surface area contributed by atoms with Gasteiger partial charge in [0.1, 0.15) is 0 Å². The number of hydrogen-bond donors (Lipinski definition) is 0. The van der Waals surface area contributed by atoms with Crippen LogP contribution in [0.25, 0.3) is 11.1 Å². The zero-order valence-corrected chi connectivity index (χ0v) is 12.1. The molecular formula is C16H18O4. The minimum atomic E-state index is 0.668. The Morgan fingerprint density at radius 3 is 1.25 bits per heavy atom. The molecule has 0 spiro atoms. The van der Waals surface area contributed by atoms with E-state index in [-0.39, 0.29) is 0 Å². The van der Waals surface area contributed by atoms with E-state index in [1.165, 1.54) is 0 Å². The predicted molar refractivity (Wildman–Crippen MR) is 78.1 cm³/mol. The molecule has 4 heteroatoms. The molecule has 0 aliphatic heterocycles. The molecule has 0 unspecified atom stereocenters. The quantitative estimate of drug-likeness (QED) is 0.837. The predicted octanol–water partition coefficient (Wildman–Crippen LogP) is 3.39. The Labute approximate surface area is 118 Å². The number of para-hydroxylation sites is 2. The van der Waals surface area contributed by atoms with Gasteiger partial charge in [-0.2, -0.15) is 0 Å². The van der Waals surface area contributed by atoms with Crippen LogP contribution in [-0.2, 0) is 0 Å². The van der Waals surface area contributed by atoms with E-state index < -0.39 is 0 Å². The van der Waals surface area contributed by atoms with Crippen LogP contribution >= 0.6 is 0 Å². The summed E-state index contributed by atoms with van der Waals surface area (Å²) in [5.41, 5.74) is 1.78. The zero-order chi connectivity index (χ0) is 14.5. The average Bonchev–Trinajstić information content (AvgIpc) is 2.52. The SMILES string of the molecule is COc1cccc(-c2cccc(OC)c2OC)c1OC. The van der Waals surface area contributed by atoms with Gasteiger partial charge in [-0.3, -0.25) is 0 Å². The molecule has 0 saturated heterocycles. The van der Waals surface area contributed by atoms with Gasteiger partial charge in [0.05, 0.1) is 28.4 Å². The summed E-state index contributed by atoms with van der Waals surface area (Å²) in [6.45, 7) is 0. The largest absolute Gasteiger partial charge is 0.493 e. The molecule has 0 bridgehead atoms. The van der Waals surface area contributed by atoms with Crippen LogP contribution in [0.1, 0.15) is 0 Å². The molecule has 2 rings (SSSR count). The molecule has 0 radical (unpaired) electrons. The molecule has 0 heterocycles. The summed E-state index contributed by atoms with van der Waals surface area (Å²) >= 11 is 0. The van der Waals surface area contributed by atoms with Crippen molar-refractivity contribution in [1.82, 2.24) is 0 Å². The van der Waals surface area contributed by atoms with E-state index in [0.29, 0.717) is 23.0 Å². The lowest BCUT2D eigenvalue weighted by Crippen LogP contribution is -1.96. The Kier molecular flexibility index (Phi) is 4.35. The first kappa shape index (κ1) is 14.1. The van der Waals surface area contributed by atoms with Crippen molar-refractivity contribution in [3.63, 3.8) is 0 Å². The van der Waals surface area contributed by atoms with E-state index in [0.717, 1.165) is 11.1 Å². The first-order chi connectivity index (χ1) is 9.76. The second kappa shape index (κ2) is 6.19. The van der Waals surface area contributed by atoms with Crippen LogP contribution in [0.2, 0.25) is 0 Å². The lowest BCUT2D eigenvalue weighted by atomic mass is 10.0. The summed E-state index contributed by atoms with van der Waals surface area (Å²) < 4.78 is 21.6. The van der Waals surface area contributed by atoms with Gasteiger partial charge in [0.2, 0.25) is 0 Å². The monoisotopic (exact) mass is 274 g/mol. The molecule has 2 aromatic rings. The third-order valence-corrected chi connectivity index (χ3v) is 3.10. The van der Waals surface area contributed by atoms with Crippen molar-refractivity contribution in [2.24, 2.45) is 0 Å². The summed E-state index contributed by atoms with van der Waals surface area (Å²) in [5, 5.41) is 0. The summed E-state index contributed by atoms with van der Waals surface area (Å²) in [5.74, 6) is 2.69. The van der Waals surface area contributed by atoms with Gasteiger partial charge in [-0.1, -0.05) is 24.3 Å². The van der Waals surface area contributed by atoms with Crippen molar-refractivity contribution < 1.29 is 18.9 Å². The Morgan fingerprint density at radius 1 is 0.550 bits per heavy atom. The smallest absolute Gasteiger partial charge is 0.168 e. The minimum Gasteiger partial charge on any atom is -0.493 e. The fraction of sp³-hybridized carbons (Fsp3) is 0.250. The average molecular weight is 274 g/mol. The van der Waals surface area contributed by atoms with Gasteiger partial charge in [-0.05, 0) is 12.1 Å². The molecule has 0 aliphatic carbocycles. The van der Waals surface area contributed by atoms with Crippen LogP contribution in [0, 0.1) is 0 Å². The highest BCUT2D eigenvalue weighted by Crippen LogP contribution is 2.44. The number of ether oxygens (including phenoxy) is 4. The number of hydrogen-bond acceptors (Lipinski definition) is 4. The van der Waals surface area contributed by atoms with Gasteiger partial charge < -0.3 is 18.9 Å². The van der Waals surface area contributed by atoms with Crippen LogP contribution in [0.5, 0.6) is 23.0 Å². The molecule has 2 aromatic carbocycles. The van der Waals surface area contributed by atoms with Crippen LogP contribution in [-0.4, -0.2) is 28.4 Å². The summed E-state index contributed by atoms with van der Waals surface area (Å²) in [6, 6.07) is 11.5. The van der Waals surface area contributed by atoms with E-state index in [2.05, 4.69) is 0 Å². The highest BCUT2D eigenvalue weighted by Gasteiger charge is 2.17. The molecule has 20 heavy (non-hydrogen) atoms. The molecule has 0 atom stereocenters. The van der Waals surface area contributed by atoms with Crippen LogP contribution in [0.15, 0.2) is 36.4 Å². The first-order valence-corrected chi connectivity index (χ1v) is 6.19. The van der Waals surface area contributed by atoms with Crippen molar-refractivity contribution in [3.8, 4) is 34.1 Å². The summed E-state index contributed by atoms with van der Waals surface area (Å²) in [7, 11) is 6.47. The second-order valence-corrected chi connectivity index (χ2v) is 4.08. The maximum Gasteiger partial charge on any atom is 0.168 e. The van der Waals surface area contributed by atoms with Crippen molar-refractivity contribution >= 4 is 0 Å². The van der Waals surface area contributed by atoms with Crippen molar-refractivity contribution in [2.45, 2.75) is 0 Å². The molecule has 0 fully saturated rings. The normalized spacial score (nSPS) is 10.0. The topological polar surface area (TPSA) is 36.9 Å². The lowest BCUT2D eigenvalue weighted by molar-refractivity contribution is 0.352. The van der Waals surface area contributed by atoms with E-state index in [1.807, 2.05) is 36.4 Å². The molecule has 0 amide bonds. The first-order valence-electron chi connectivity index (χ1n) is 6.19. The van der Waals surface area contributed by atoms with Crippen LogP contribution < -0.4 is 18.9 Å². The third-order valence-electron chi connectivity index (χ3n) is 3.10. The van der Waals surface area contributed by atoms with Crippen LogP contribution in [0.3, 0.4) is 0 Å². The van der Waals surface area contributed by atoms with Gasteiger partial charge in [-0.25, -0.2) is 0 Å². The Morgan fingerprint density at radius 2 is 0.950 bits per heavy atom. The molecule has 0 aromatic heterocycles. The highest BCUT2D eigenvalue weighted by atomic mass is 16.5. The summed E-state index contributed by atoms with van der Waals surface area (Å²) in [6.07, 6.45) is 0. The molecule has 0 saturated carbocycles. The van der Waals surface area contributed by atoms with E-state index in [4.69, 9.17) is 18.9 Å². The van der Waals surface area contributed by atoms with Gasteiger partial charge in [0.15, 0.2) is 23.0 Å². The van der Waals surface area contributed by atoms with Gasteiger partial charge in [0, 0.05) is 11.1 Å². The maximum atomic E-state index is 5.47. The number of methoxy groups -OCH3 is 4. The third kappa shape index (κ3) is 2.37. The standard InChI is InChI=1S/C16H18O4/c1-17-13-9-5-7-11(15(13)19-3)12-8-6-10-14(18-2)16(12)20-4/h5-10H,1-4H3. The Balaban J connectivity index is 2.68. The molecule has 0 aliphatic rings. The van der Waals surface area contributed by atoms with E-state index in [9.17, 15) is 0 Å². The highest BCUT2D eigenvalue weighted by molar-refractivity contribution is 5.80. The van der Waals surface area contributed by atoms with Crippen LogP contribution in [0.4, 0.5) is 0 Å². The van der Waals surface area contributed by atoms with Gasteiger partial charge in [0.25, 0.3) is 0 Å². The Bertz CT molecular complexity index is 540. The minimum absolute atomic E-state index is 0.668. The zero-order valence-electron chi connectivity index (χ0n) is 12.1. The van der Waals surface area contributed by atoms with E-state index >= 15 is 0 Å². The van der Waals surface area contributed by atoms with Gasteiger partial charge in [-0.15, -0.1) is 0 Å². The Hall–Kier alpha value is -2.36. The summed E-state index contributed by atoms with van der Waals surface area (Å²) in [4.78, 5) is 0. The van der Waals surface area contributed by atoms with Crippen molar-refractivity contribution in [2.75, 3.05) is 28.4 Å². The number of rotatable bonds is 5. The van der Waals surface area contributed by atoms with Crippen molar-refractivity contribution in [3.05, 3.63) is 36.4 Å².